The van der Waals surface area contributed by atoms with Crippen molar-refractivity contribution >= 4 is 5.84 Å². The zero-order chi connectivity index (χ0) is 7.40. The molecule has 0 aromatic rings. The standard InChI is InChI=1S/C8H12N2/c1-7-3-4-8(9-2)10-6-5-7/h3,5-6H,4H2,1-2H3,(H,9,10). The van der Waals surface area contributed by atoms with E-state index in [1.54, 1.807) is 7.05 Å². The van der Waals surface area contributed by atoms with Gasteiger partial charge in [-0.3, -0.25) is 4.99 Å². The van der Waals surface area contributed by atoms with Crippen LogP contribution in [-0.4, -0.2) is 12.9 Å². The fraction of sp³-hybridized carbons (Fsp3) is 0.375. The lowest BCUT2D eigenvalue weighted by Crippen LogP contribution is -2.14. The van der Waals surface area contributed by atoms with Gasteiger partial charge >= 0.3 is 0 Å². The Morgan fingerprint density at radius 2 is 2.40 bits per heavy atom. The minimum atomic E-state index is 0.912. The van der Waals surface area contributed by atoms with Gasteiger partial charge in [-0.1, -0.05) is 11.6 Å². The molecule has 1 aliphatic rings. The van der Waals surface area contributed by atoms with Gasteiger partial charge in [-0.2, -0.15) is 0 Å². The SMILES string of the molecule is CN=C1CC=C(C)C=CN1. The fourth-order valence-corrected chi connectivity index (χ4v) is 0.810. The van der Waals surface area contributed by atoms with Crippen LogP contribution in [0.3, 0.4) is 0 Å². The molecule has 0 aromatic carbocycles. The highest BCUT2D eigenvalue weighted by Crippen LogP contribution is 2.00. The second kappa shape index (κ2) is 3.20. The summed E-state index contributed by atoms with van der Waals surface area (Å²) in [5.41, 5.74) is 1.28. The lowest BCUT2D eigenvalue weighted by molar-refractivity contribution is 1.18. The molecule has 54 valence electrons. The summed E-state index contributed by atoms with van der Waals surface area (Å²) in [6, 6.07) is 0. The highest BCUT2D eigenvalue weighted by molar-refractivity contribution is 5.84. The quantitative estimate of drug-likeness (QED) is 0.535. The minimum Gasteiger partial charge on any atom is -0.350 e. The smallest absolute Gasteiger partial charge is 0.104 e. The number of nitrogens with one attached hydrogen (secondary N) is 1. The molecule has 1 N–H and O–H groups in total. The minimum absolute atomic E-state index is 0.912. The molecule has 1 aliphatic heterocycles. The number of rotatable bonds is 0. The predicted octanol–water partition coefficient (Wildman–Crippen LogP) is 1.47. The largest absolute Gasteiger partial charge is 0.350 e. The van der Waals surface area contributed by atoms with Gasteiger partial charge in [-0.15, -0.1) is 0 Å². The molecule has 2 heteroatoms. The van der Waals surface area contributed by atoms with Gasteiger partial charge < -0.3 is 5.32 Å². The molecular formula is C8H12N2. The van der Waals surface area contributed by atoms with E-state index in [0.29, 0.717) is 0 Å². The highest BCUT2D eigenvalue weighted by atomic mass is 15.0. The summed E-state index contributed by atoms with van der Waals surface area (Å²) in [6.07, 6.45) is 7.02. The van der Waals surface area contributed by atoms with E-state index in [9.17, 15) is 0 Å². The molecule has 0 atom stereocenters. The van der Waals surface area contributed by atoms with Crippen LogP contribution in [0.2, 0.25) is 0 Å². The van der Waals surface area contributed by atoms with Crippen molar-refractivity contribution in [2.45, 2.75) is 13.3 Å². The summed E-state index contributed by atoms with van der Waals surface area (Å²) in [6.45, 7) is 2.08. The van der Waals surface area contributed by atoms with Crippen molar-refractivity contribution < 1.29 is 0 Å². The fourth-order valence-electron chi connectivity index (χ4n) is 0.810. The maximum atomic E-state index is 4.05. The molecule has 0 fully saturated rings. The third-order valence-corrected chi connectivity index (χ3v) is 1.48. The molecule has 0 saturated carbocycles. The molecule has 1 heterocycles. The molecule has 10 heavy (non-hydrogen) atoms. The van der Waals surface area contributed by atoms with Crippen LogP contribution >= 0.6 is 0 Å². The van der Waals surface area contributed by atoms with E-state index in [4.69, 9.17) is 0 Å². The van der Waals surface area contributed by atoms with Crippen LogP contribution in [0.15, 0.2) is 28.9 Å². The van der Waals surface area contributed by atoms with Crippen molar-refractivity contribution in [3.8, 4) is 0 Å². The number of nitrogens with zero attached hydrogens (tertiary/aromatic N) is 1. The molecule has 0 aliphatic carbocycles. The third-order valence-electron chi connectivity index (χ3n) is 1.48. The zero-order valence-corrected chi connectivity index (χ0v) is 6.39. The Hall–Kier alpha value is -1.05. The molecule has 0 aromatic heterocycles. The first-order valence-electron chi connectivity index (χ1n) is 3.38. The molecule has 0 unspecified atom stereocenters. The maximum absolute atomic E-state index is 4.05. The Balaban J connectivity index is 2.70. The van der Waals surface area contributed by atoms with E-state index in [2.05, 4.69) is 23.3 Å². The molecule has 0 saturated heterocycles. The van der Waals surface area contributed by atoms with E-state index >= 15 is 0 Å². The first kappa shape index (κ1) is 7.06. The third kappa shape index (κ3) is 1.72. The van der Waals surface area contributed by atoms with Crippen LogP contribution in [0.5, 0.6) is 0 Å². The van der Waals surface area contributed by atoms with Gasteiger partial charge in [-0.05, 0) is 13.0 Å². The predicted molar refractivity (Wildman–Crippen MR) is 44.0 cm³/mol. The van der Waals surface area contributed by atoms with E-state index in [0.717, 1.165) is 12.3 Å². The summed E-state index contributed by atoms with van der Waals surface area (Å²) < 4.78 is 0. The second-order valence-electron chi connectivity index (χ2n) is 2.30. The van der Waals surface area contributed by atoms with E-state index in [1.807, 2.05) is 12.3 Å². The molecule has 0 spiro atoms. The first-order valence-corrected chi connectivity index (χ1v) is 3.38. The Labute approximate surface area is 61.4 Å². The first-order chi connectivity index (χ1) is 4.83. The van der Waals surface area contributed by atoms with Crippen molar-refractivity contribution in [2.75, 3.05) is 7.05 Å². The van der Waals surface area contributed by atoms with Gasteiger partial charge in [-0.25, -0.2) is 0 Å². The average Bonchev–Trinajstić information content (AvgIpc) is 2.14. The maximum Gasteiger partial charge on any atom is 0.104 e. The van der Waals surface area contributed by atoms with Crippen LogP contribution in [0.4, 0.5) is 0 Å². The Kier molecular flexibility index (Phi) is 2.26. The van der Waals surface area contributed by atoms with Gasteiger partial charge in [0.1, 0.15) is 5.84 Å². The highest BCUT2D eigenvalue weighted by Gasteiger charge is 1.95. The summed E-state index contributed by atoms with van der Waals surface area (Å²) in [7, 11) is 1.80. The number of amidine groups is 1. The van der Waals surface area contributed by atoms with Gasteiger partial charge in [0.05, 0.1) is 0 Å². The lowest BCUT2D eigenvalue weighted by Gasteiger charge is -1.97. The van der Waals surface area contributed by atoms with Crippen molar-refractivity contribution in [1.29, 1.82) is 0 Å². The van der Waals surface area contributed by atoms with Crippen molar-refractivity contribution in [1.82, 2.24) is 5.32 Å². The van der Waals surface area contributed by atoms with Gasteiger partial charge in [0.25, 0.3) is 0 Å². The van der Waals surface area contributed by atoms with Crippen LogP contribution in [0.1, 0.15) is 13.3 Å². The molecular weight excluding hydrogens is 124 g/mol. The van der Waals surface area contributed by atoms with E-state index in [-0.39, 0.29) is 0 Å². The average molecular weight is 136 g/mol. The Morgan fingerprint density at radius 1 is 1.60 bits per heavy atom. The topological polar surface area (TPSA) is 24.4 Å². The van der Waals surface area contributed by atoms with E-state index in [1.165, 1.54) is 5.57 Å². The molecule has 0 bridgehead atoms. The summed E-state index contributed by atoms with van der Waals surface area (Å²) in [5, 5.41) is 3.08. The molecule has 2 nitrogen and oxygen atoms in total. The number of hydrogen-bond acceptors (Lipinski definition) is 1. The van der Waals surface area contributed by atoms with Crippen molar-refractivity contribution in [3.63, 3.8) is 0 Å². The van der Waals surface area contributed by atoms with Crippen LogP contribution in [0, 0.1) is 0 Å². The monoisotopic (exact) mass is 136 g/mol. The Bertz CT molecular complexity index is 199. The normalized spacial score (nSPS) is 21.8. The van der Waals surface area contributed by atoms with Crippen LogP contribution in [0.25, 0.3) is 0 Å². The molecule has 0 amide bonds. The zero-order valence-electron chi connectivity index (χ0n) is 6.39. The van der Waals surface area contributed by atoms with E-state index < -0.39 is 0 Å². The van der Waals surface area contributed by atoms with Crippen LogP contribution in [-0.2, 0) is 0 Å². The number of allylic oxidation sites excluding steroid dienone is 2. The van der Waals surface area contributed by atoms with Crippen LogP contribution < -0.4 is 5.32 Å². The van der Waals surface area contributed by atoms with Gasteiger partial charge in [0.15, 0.2) is 0 Å². The lowest BCUT2D eigenvalue weighted by atomic mass is 10.2. The number of aliphatic imine (C=N–C) groups is 1. The summed E-state index contributed by atoms with van der Waals surface area (Å²) >= 11 is 0. The van der Waals surface area contributed by atoms with Crippen molar-refractivity contribution in [2.24, 2.45) is 4.99 Å². The summed E-state index contributed by atoms with van der Waals surface area (Å²) in [4.78, 5) is 4.05. The molecule has 1 rings (SSSR count). The van der Waals surface area contributed by atoms with Crippen molar-refractivity contribution in [3.05, 3.63) is 23.9 Å². The molecule has 0 radical (unpaired) electrons. The summed E-state index contributed by atoms with van der Waals surface area (Å²) in [5.74, 6) is 1.02. The number of hydrogen-bond donors (Lipinski definition) is 1. The Morgan fingerprint density at radius 3 is 3.10 bits per heavy atom. The van der Waals surface area contributed by atoms with Gasteiger partial charge in [0.2, 0.25) is 0 Å². The second-order valence-corrected chi connectivity index (χ2v) is 2.30. The van der Waals surface area contributed by atoms with Gasteiger partial charge in [0, 0.05) is 19.7 Å².